The predicted molar refractivity (Wildman–Crippen MR) is 66.7 cm³/mol. The molecule has 0 spiro atoms. The van der Waals surface area contributed by atoms with Gasteiger partial charge < -0.3 is 23.9 Å². The molecule has 6 unspecified atom stereocenters. The SMILES string of the molecule is O=C(OCCC(F)(F)C(F)(F)S(=O)(=O)[O-])C1C2OC3C(OC(=O)C31)C2O. The van der Waals surface area contributed by atoms with E-state index in [1.165, 1.54) is 0 Å². The third-order valence-corrected chi connectivity index (χ3v) is 5.53. The number of aliphatic hydroxyl groups excluding tert-OH is 1. The molecule has 0 saturated carbocycles. The first kappa shape index (κ1) is 19.3. The Bertz CT molecular complexity index is 739. The number of ether oxygens (including phenoxy) is 3. The van der Waals surface area contributed by atoms with Crippen LogP contribution in [0.5, 0.6) is 0 Å². The Hall–Kier alpha value is -1.51. The van der Waals surface area contributed by atoms with E-state index in [1.807, 2.05) is 0 Å². The molecule has 3 aliphatic rings. The van der Waals surface area contributed by atoms with Gasteiger partial charge in [0.1, 0.15) is 30.1 Å². The molecule has 26 heavy (non-hydrogen) atoms. The number of aliphatic hydroxyl groups is 1. The van der Waals surface area contributed by atoms with Gasteiger partial charge in [-0.3, -0.25) is 9.59 Å². The lowest BCUT2D eigenvalue weighted by atomic mass is 9.78. The number of carbonyl (C=O) groups excluding carboxylic acids is 2. The summed E-state index contributed by atoms with van der Waals surface area (Å²) in [5.74, 6) is -9.91. The van der Waals surface area contributed by atoms with Gasteiger partial charge in [0.15, 0.2) is 16.2 Å². The molecule has 0 aromatic heterocycles. The first-order valence-electron chi connectivity index (χ1n) is 7.21. The zero-order chi connectivity index (χ0) is 19.7. The summed E-state index contributed by atoms with van der Waals surface area (Å²) in [5.41, 5.74) is 0. The van der Waals surface area contributed by atoms with Crippen molar-refractivity contribution < 1.29 is 59.4 Å². The van der Waals surface area contributed by atoms with Crippen LogP contribution in [-0.4, -0.2) is 72.2 Å². The van der Waals surface area contributed by atoms with Gasteiger partial charge in [-0.2, -0.15) is 17.6 Å². The molecule has 14 heteroatoms. The zero-order valence-electron chi connectivity index (χ0n) is 12.5. The number of halogens is 4. The van der Waals surface area contributed by atoms with E-state index in [4.69, 9.17) is 9.47 Å². The second kappa shape index (κ2) is 5.74. The molecule has 0 radical (unpaired) electrons. The summed E-state index contributed by atoms with van der Waals surface area (Å²) in [5, 5.41) is 3.97. The maximum Gasteiger partial charge on any atom is 0.396 e. The minimum atomic E-state index is -6.64. The number of hydrogen-bond acceptors (Lipinski definition) is 9. The van der Waals surface area contributed by atoms with Gasteiger partial charge in [-0.25, -0.2) is 8.42 Å². The van der Waals surface area contributed by atoms with Crippen molar-refractivity contribution in [2.75, 3.05) is 6.61 Å². The van der Waals surface area contributed by atoms with Gasteiger partial charge in [0.2, 0.25) is 0 Å². The third-order valence-electron chi connectivity index (χ3n) is 4.60. The van der Waals surface area contributed by atoms with Crippen LogP contribution >= 0.6 is 0 Å². The minimum absolute atomic E-state index is 0.852. The fraction of sp³-hybridized carbons (Fsp3) is 0.833. The van der Waals surface area contributed by atoms with Gasteiger partial charge in [0.25, 0.3) is 0 Å². The molecule has 0 aromatic rings. The van der Waals surface area contributed by atoms with Gasteiger partial charge in [0.05, 0.1) is 13.0 Å². The fourth-order valence-electron chi connectivity index (χ4n) is 3.33. The normalized spacial score (nSPS) is 36.3. The first-order chi connectivity index (χ1) is 11.8. The van der Waals surface area contributed by atoms with E-state index >= 15 is 0 Å². The molecule has 0 amide bonds. The molecule has 0 aliphatic carbocycles. The summed E-state index contributed by atoms with van der Waals surface area (Å²) >= 11 is 0. The molecule has 2 bridgehead atoms. The topological polar surface area (TPSA) is 139 Å². The molecule has 3 aliphatic heterocycles. The quantitative estimate of drug-likeness (QED) is 0.333. The number of hydrogen-bond donors (Lipinski definition) is 1. The summed E-state index contributed by atoms with van der Waals surface area (Å²) in [6, 6.07) is 0. The molecule has 3 heterocycles. The standard InChI is InChI=1S/C12H12F4O9S/c13-11(14,12(15,16)26(20,21)22)1-2-23-9(18)3-4-7-8(25-10(4)19)5(17)6(3)24-7/h3-8,17H,1-2H2,(H,20,21,22)/p-1. The lowest BCUT2D eigenvalue weighted by molar-refractivity contribution is -0.177. The number of carbonyl (C=O) groups is 2. The highest BCUT2D eigenvalue weighted by Crippen LogP contribution is 2.50. The third kappa shape index (κ3) is 2.58. The van der Waals surface area contributed by atoms with E-state index in [0.717, 1.165) is 0 Å². The summed E-state index contributed by atoms with van der Waals surface area (Å²) < 4.78 is 97.8. The molecule has 3 rings (SSSR count). The Morgan fingerprint density at radius 1 is 1.23 bits per heavy atom. The van der Waals surface area contributed by atoms with Crippen LogP contribution in [0.3, 0.4) is 0 Å². The molecular formula is C12H11F4O9S-. The maximum atomic E-state index is 13.3. The Balaban J connectivity index is 1.63. The van der Waals surface area contributed by atoms with E-state index < -0.39 is 82.5 Å². The van der Waals surface area contributed by atoms with Crippen molar-refractivity contribution in [2.45, 2.75) is 42.0 Å². The lowest BCUT2D eigenvalue weighted by Crippen LogP contribution is -2.48. The van der Waals surface area contributed by atoms with Gasteiger partial charge in [-0.1, -0.05) is 0 Å². The average molecular weight is 407 g/mol. The van der Waals surface area contributed by atoms with Crippen LogP contribution < -0.4 is 0 Å². The summed E-state index contributed by atoms with van der Waals surface area (Å²) in [6.45, 7) is -1.36. The molecule has 0 aromatic carbocycles. The van der Waals surface area contributed by atoms with E-state index in [2.05, 4.69) is 4.74 Å². The summed E-state index contributed by atoms with van der Waals surface area (Å²) in [6.07, 6.45) is -6.33. The Morgan fingerprint density at radius 2 is 1.85 bits per heavy atom. The molecule has 148 valence electrons. The van der Waals surface area contributed by atoms with Crippen LogP contribution in [-0.2, 0) is 33.9 Å². The van der Waals surface area contributed by atoms with Crippen molar-refractivity contribution in [3.8, 4) is 0 Å². The van der Waals surface area contributed by atoms with E-state index in [0.29, 0.717) is 0 Å². The molecule has 9 nitrogen and oxygen atoms in total. The van der Waals surface area contributed by atoms with Crippen molar-refractivity contribution in [3.05, 3.63) is 0 Å². The number of esters is 2. The maximum absolute atomic E-state index is 13.3. The predicted octanol–water partition coefficient (Wildman–Crippen LogP) is -1.01. The van der Waals surface area contributed by atoms with Crippen LogP contribution in [0.15, 0.2) is 0 Å². The first-order valence-corrected chi connectivity index (χ1v) is 8.62. The Labute approximate surface area is 142 Å². The zero-order valence-corrected chi connectivity index (χ0v) is 13.3. The minimum Gasteiger partial charge on any atom is -0.743 e. The Kier molecular flexibility index (Phi) is 4.25. The number of fused-ring (bicyclic) bond motifs is 1. The number of rotatable bonds is 6. The summed E-state index contributed by atoms with van der Waals surface area (Å²) in [7, 11) is -6.64. The van der Waals surface area contributed by atoms with E-state index in [-0.39, 0.29) is 0 Å². The molecule has 3 fully saturated rings. The van der Waals surface area contributed by atoms with Crippen molar-refractivity contribution in [1.82, 2.24) is 0 Å². The highest BCUT2D eigenvalue weighted by Gasteiger charge is 2.70. The van der Waals surface area contributed by atoms with Crippen LogP contribution in [0.2, 0.25) is 0 Å². The van der Waals surface area contributed by atoms with Gasteiger partial charge >= 0.3 is 23.1 Å². The van der Waals surface area contributed by atoms with Crippen molar-refractivity contribution >= 4 is 22.1 Å². The monoisotopic (exact) mass is 407 g/mol. The smallest absolute Gasteiger partial charge is 0.396 e. The van der Waals surface area contributed by atoms with Crippen LogP contribution in [0.1, 0.15) is 6.42 Å². The Morgan fingerprint density at radius 3 is 2.42 bits per heavy atom. The van der Waals surface area contributed by atoms with Crippen LogP contribution in [0.25, 0.3) is 0 Å². The van der Waals surface area contributed by atoms with Crippen LogP contribution in [0.4, 0.5) is 17.6 Å². The van der Waals surface area contributed by atoms with Crippen LogP contribution in [0, 0.1) is 11.8 Å². The van der Waals surface area contributed by atoms with Crippen molar-refractivity contribution in [1.29, 1.82) is 0 Å². The average Bonchev–Trinajstić information content (AvgIpc) is 3.09. The fourth-order valence-corrected chi connectivity index (χ4v) is 3.80. The second-order valence-electron chi connectivity index (χ2n) is 6.10. The van der Waals surface area contributed by atoms with E-state index in [9.17, 15) is 45.2 Å². The summed E-state index contributed by atoms with van der Waals surface area (Å²) in [4.78, 5) is 23.7. The van der Waals surface area contributed by atoms with E-state index in [1.54, 1.807) is 0 Å². The highest BCUT2D eigenvalue weighted by atomic mass is 32.2. The molecule has 6 atom stereocenters. The van der Waals surface area contributed by atoms with Crippen molar-refractivity contribution in [2.24, 2.45) is 11.8 Å². The van der Waals surface area contributed by atoms with Gasteiger partial charge in [0, 0.05) is 0 Å². The van der Waals surface area contributed by atoms with Gasteiger partial charge in [-0.05, 0) is 0 Å². The molecule has 3 saturated heterocycles. The van der Waals surface area contributed by atoms with Gasteiger partial charge in [-0.15, -0.1) is 0 Å². The van der Waals surface area contributed by atoms with Crippen molar-refractivity contribution in [3.63, 3.8) is 0 Å². The largest absolute Gasteiger partial charge is 0.743 e. The second-order valence-corrected chi connectivity index (χ2v) is 7.52. The molecular weight excluding hydrogens is 396 g/mol. The number of alkyl halides is 4. The lowest BCUT2D eigenvalue weighted by Gasteiger charge is -2.28. The highest BCUT2D eigenvalue weighted by molar-refractivity contribution is 7.86. The molecule has 1 N–H and O–H groups in total.